The molecule has 1 aliphatic heterocycles. The van der Waals surface area contributed by atoms with Crippen LogP contribution < -0.4 is 20.5 Å². The van der Waals surface area contributed by atoms with E-state index in [-0.39, 0.29) is 47.4 Å². The van der Waals surface area contributed by atoms with E-state index in [9.17, 15) is 14.2 Å². The molecule has 0 aliphatic carbocycles. The number of rotatable bonds is 16. The molecule has 4 aromatic carbocycles. The van der Waals surface area contributed by atoms with Crippen molar-refractivity contribution in [3.8, 4) is 11.5 Å². The summed E-state index contributed by atoms with van der Waals surface area (Å²) in [7, 11) is -3.00. The van der Waals surface area contributed by atoms with Gasteiger partial charge >= 0.3 is 13.5 Å². The number of nitrogens with zero attached hydrogens (tertiary/aromatic N) is 3. The maximum absolute atomic E-state index is 14.8. The van der Waals surface area contributed by atoms with Gasteiger partial charge in [-0.25, -0.2) is 9.36 Å². The Morgan fingerprint density at radius 2 is 1.62 bits per heavy atom. The Bertz CT molecular complexity index is 2440. The number of H-pyrrole nitrogens is 1. The highest BCUT2D eigenvalue weighted by molar-refractivity contribution is 7.49. The van der Waals surface area contributed by atoms with Crippen molar-refractivity contribution in [2.24, 2.45) is 0 Å². The standard InChI is InChI=1S/C42H39Cl2N4O9P/c1-28-26-48(41(50)47-40(28)49)39-24-37(57-58(51,54-22-19-33-25-45-20-21-46-33)56-36-23-32(43)15-18-35(36)44)38(55-39)27-53-42(29-9-5-3-6-10-29,30-11-7-4-8-12-30)31-13-16-34(52-2)17-14-31/h3-18,20-21,23,25-26,37-39H,19,22,24,27H2,1-2H3,(H,47,49,50)/t37-,38+,39+,58?/m0/s1. The third-order valence-electron chi connectivity index (χ3n) is 9.55. The van der Waals surface area contributed by atoms with E-state index in [0.29, 0.717) is 11.4 Å². The first kappa shape index (κ1) is 41.1. The molecule has 58 heavy (non-hydrogen) atoms. The maximum Gasteiger partial charge on any atom is 0.530 e. The Morgan fingerprint density at radius 1 is 0.931 bits per heavy atom. The lowest BCUT2D eigenvalue weighted by Crippen LogP contribution is -2.38. The third kappa shape index (κ3) is 9.27. The molecule has 1 unspecified atom stereocenters. The van der Waals surface area contributed by atoms with Crippen LogP contribution in [0.1, 0.15) is 40.6 Å². The van der Waals surface area contributed by atoms with Gasteiger partial charge in [-0.15, -0.1) is 0 Å². The summed E-state index contributed by atoms with van der Waals surface area (Å²) in [5, 5.41) is 0.377. The number of nitrogens with one attached hydrogen (secondary N) is 1. The predicted molar refractivity (Wildman–Crippen MR) is 218 cm³/mol. The van der Waals surface area contributed by atoms with Crippen molar-refractivity contribution in [2.45, 2.75) is 43.8 Å². The van der Waals surface area contributed by atoms with Crippen molar-refractivity contribution in [3.63, 3.8) is 0 Å². The molecule has 0 amide bonds. The van der Waals surface area contributed by atoms with Crippen LogP contribution in [0.2, 0.25) is 10.0 Å². The monoisotopic (exact) mass is 844 g/mol. The summed E-state index contributed by atoms with van der Waals surface area (Å²) in [6.45, 7) is 1.27. The van der Waals surface area contributed by atoms with Gasteiger partial charge in [0.05, 0.1) is 31.0 Å². The summed E-state index contributed by atoms with van der Waals surface area (Å²) in [6.07, 6.45) is 3.15. The number of benzene rings is 4. The number of halogens is 2. The minimum Gasteiger partial charge on any atom is -0.497 e. The molecule has 1 N–H and O–H groups in total. The van der Waals surface area contributed by atoms with Crippen LogP contribution in [0.4, 0.5) is 0 Å². The number of aromatic amines is 1. The zero-order valence-electron chi connectivity index (χ0n) is 31.4. The number of aryl methyl sites for hydroxylation is 1. The van der Waals surface area contributed by atoms with E-state index in [1.54, 1.807) is 26.3 Å². The SMILES string of the molecule is COc1ccc(C(OC[C@H]2O[C@@H](n3cc(C)c(=O)[nH]c3=O)C[C@@H]2OP(=O)(OCCc2cnccn2)Oc2cc(Cl)ccc2Cl)(c2ccccc2)c2ccccc2)cc1. The maximum atomic E-state index is 14.8. The van der Waals surface area contributed by atoms with E-state index in [1.165, 1.54) is 35.3 Å². The van der Waals surface area contributed by atoms with Gasteiger partial charge in [0.1, 0.15) is 29.8 Å². The molecule has 300 valence electrons. The molecule has 1 saturated heterocycles. The molecule has 3 heterocycles. The van der Waals surface area contributed by atoms with E-state index in [4.69, 9.17) is 51.0 Å². The fraction of sp³-hybridized carbons (Fsp3) is 0.238. The van der Waals surface area contributed by atoms with Crippen LogP contribution in [0.25, 0.3) is 0 Å². The Kier molecular flexibility index (Phi) is 12.9. The van der Waals surface area contributed by atoms with Crippen LogP contribution >= 0.6 is 31.0 Å². The summed E-state index contributed by atoms with van der Waals surface area (Å²) < 4.78 is 53.5. The van der Waals surface area contributed by atoms with E-state index >= 15 is 0 Å². The highest BCUT2D eigenvalue weighted by atomic mass is 35.5. The second-order valence-electron chi connectivity index (χ2n) is 13.3. The molecule has 0 bridgehead atoms. The number of aromatic nitrogens is 4. The Morgan fingerprint density at radius 3 is 2.28 bits per heavy atom. The predicted octanol–water partition coefficient (Wildman–Crippen LogP) is 8.08. The zero-order chi connectivity index (χ0) is 40.7. The molecule has 6 aromatic rings. The molecule has 0 spiro atoms. The van der Waals surface area contributed by atoms with Gasteiger partial charge in [0.25, 0.3) is 5.56 Å². The molecule has 0 saturated carbocycles. The fourth-order valence-corrected chi connectivity index (χ4v) is 8.48. The topological polar surface area (TPSA) is 153 Å². The summed E-state index contributed by atoms with van der Waals surface area (Å²) >= 11 is 12.7. The Labute approximate surface area is 344 Å². The number of phosphoric ester groups is 1. The molecule has 7 rings (SSSR count). The summed E-state index contributed by atoms with van der Waals surface area (Å²) in [5.41, 5.74) is 0.808. The number of hydrogen-bond donors (Lipinski definition) is 1. The Balaban J connectivity index is 1.28. The van der Waals surface area contributed by atoms with E-state index in [1.807, 2.05) is 84.9 Å². The average Bonchev–Trinajstić information content (AvgIpc) is 3.63. The molecule has 1 fully saturated rings. The quantitative estimate of drug-likeness (QED) is 0.0743. The van der Waals surface area contributed by atoms with Crippen LogP contribution in [-0.2, 0) is 35.1 Å². The average molecular weight is 846 g/mol. The third-order valence-corrected chi connectivity index (χ3v) is 11.5. The van der Waals surface area contributed by atoms with Gasteiger partial charge in [0, 0.05) is 54.3 Å². The molecule has 4 atom stereocenters. The van der Waals surface area contributed by atoms with Crippen molar-refractivity contribution < 1.29 is 32.3 Å². The number of methoxy groups -OCH3 is 1. The first-order valence-electron chi connectivity index (χ1n) is 18.3. The lowest BCUT2D eigenvalue weighted by Gasteiger charge is -2.37. The highest BCUT2D eigenvalue weighted by Gasteiger charge is 2.46. The van der Waals surface area contributed by atoms with Crippen molar-refractivity contribution >= 4 is 31.0 Å². The van der Waals surface area contributed by atoms with Crippen molar-refractivity contribution in [3.05, 3.63) is 187 Å². The molecule has 1 aliphatic rings. The number of ether oxygens (including phenoxy) is 3. The van der Waals surface area contributed by atoms with Crippen molar-refractivity contribution in [2.75, 3.05) is 20.3 Å². The van der Waals surface area contributed by atoms with E-state index < -0.39 is 43.1 Å². The summed E-state index contributed by atoms with van der Waals surface area (Å²) in [6, 6.07) is 31.4. The fourth-order valence-electron chi connectivity index (χ4n) is 6.69. The zero-order valence-corrected chi connectivity index (χ0v) is 33.8. The molecule has 2 aromatic heterocycles. The van der Waals surface area contributed by atoms with Crippen LogP contribution in [-0.4, -0.2) is 52.1 Å². The molecule has 13 nitrogen and oxygen atoms in total. The van der Waals surface area contributed by atoms with Gasteiger partial charge in [-0.05, 0) is 47.9 Å². The summed E-state index contributed by atoms with van der Waals surface area (Å²) in [5.74, 6) is 0.616. The minimum absolute atomic E-state index is 0.0320. The van der Waals surface area contributed by atoms with Crippen molar-refractivity contribution in [1.29, 1.82) is 0 Å². The second-order valence-corrected chi connectivity index (χ2v) is 15.7. The molecular weight excluding hydrogens is 806 g/mol. The van der Waals surface area contributed by atoms with Gasteiger partial charge in [0.2, 0.25) is 0 Å². The van der Waals surface area contributed by atoms with Crippen LogP contribution in [0.15, 0.2) is 138 Å². The molecule has 0 radical (unpaired) electrons. The van der Waals surface area contributed by atoms with Gasteiger partial charge in [-0.2, -0.15) is 0 Å². The first-order valence-corrected chi connectivity index (χ1v) is 20.5. The number of phosphoric acid groups is 1. The molecule has 16 heteroatoms. The minimum atomic E-state index is -4.59. The van der Waals surface area contributed by atoms with Gasteiger partial charge < -0.3 is 18.7 Å². The van der Waals surface area contributed by atoms with Crippen LogP contribution in [0.5, 0.6) is 11.5 Å². The van der Waals surface area contributed by atoms with Gasteiger partial charge in [0.15, 0.2) is 5.75 Å². The highest BCUT2D eigenvalue weighted by Crippen LogP contribution is 2.55. The first-order chi connectivity index (χ1) is 28.1. The smallest absolute Gasteiger partial charge is 0.497 e. The lowest BCUT2D eigenvalue weighted by molar-refractivity contribution is -0.0937. The van der Waals surface area contributed by atoms with E-state index in [2.05, 4.69) is 15.0 Å². The normalized spacial score (nSPS) is 17.8. The lowest BCUT2D eigenvalue weighted by atomic mass is 9.80. The second kappa shape index (κ2) is 18.2. The van der Waals surface area contributed by atoms with Gasteiger partial charge in [-0.1, -0.05) is 96.0 Å². The molecular formula is C42H39Cl2N4O9P. The Hall–Kier alpha value is -5.11. The number of hydrogen-bond acceptors (Lipinski definition) is 11. The summed E-state index contributed by atoms with van der Waals surface area (Å²) in [4.78, 5) is 36.2. The van der Waals surface area contributed by atoms with Crippen LogP contribution in [0.3, 0.4) is 0 Å². The van der Waals surface area contributed by atoms with Gasteiger partial charge in [-0.3, -0.25) is 33.4 Å². The van der Waals surface area contributed by atoms with Crippen LogP contribution in [0, 0.1) is 6.92 Å². The van der Waals surface area contributed by atoms with Crippen molar-refractivity contribution in [1.82, 2.24) is 19.5 Å². The van der Waals surface area contributed by atoms with E-state index in [0.717, 1.165) is 16.7 Å². The largest absolute Gasteiger partial charge is 0.530 e.